The van der Waals surface area contributed by atoms with Crippen LogP contribution in [0.25, 0.3) is 0 Å². The molecule has 1 aliphatic carbocycles. The van der Waals surface area contributed by atoms with Crippen LogP contribution in [0.15, 0.2) is 0 Å². The molecule has 0 spiro atoms. The number of hydrogen-bond donors (Lipinski definition) is 0. The summed E-state index contributed by atoms with van der Waals surface area (Å²) in [4.78, 5) is 1.41. The molecular formula is C14H23F3N2. The van der Waals surface area contributed by atoms with Crippen molar-refractivity contribution in [3.05, 3.63) is 0 Å². The first-order valence-corrected chi connectivity index (χ1v) is 6.84. The van der Waals surface area contributed by atoms with Crippen LogP contribution < -0.4 is 0 Å². The Hall–Kier alpha value is -0.760. The van der Waals surface area contributed by atoms with E-state index in [1.165, 1.54) is 4.90 Å². The summed E-state index contributed by atoms with van der Waals surface area (Å²) in [6.07, 6.45) is -0.399. The van der Waals surface area contributed by atoms with Gasteiger partial charge in [-0.2, -0.15) is 18.4 Å². The van der Waals surface area contributed by atoms with E-state index in [0.717, 1.165) is 25.7 Å². The van der Waals surface area contributed by atoms with Crippen LogP contribution in [0, 0.1) is 22.7 Å². The molecule has 1 rings (SSSR count). The van der Waals surface area contributed by atoms with Crippen molar-refractivity contribution >= 4 is 0 Å². The Labute approximate surface area is 113 Å². The molecule has 2 nitrogen and oxygen atoms in total. The van der Waals surface area contributed by atoms with Crippen molar-refractivity contribution in [3.63, 3.8) is 0 Å². The predicted molar refractivity (Wildman–Crippen MR) is 68.4 cm³/mol. The van der Waals surface area contributed by atoms with Gasteiger partial charge >= 0.3 is 6.18 Å². The molecule has 0 aliphatic heterocycles. The van der Waals surface area contributed by atoms with Crippen LogP contribution in [0.5, 0.6) is 0 Å². The second-order valence-electron chi connectivity index (χ2n) is 6.11. The summed E-state index contributed by atoms with van der Waals surface area (Å²) >= 11 is 0. The molecule has 0 aromatic carbocycles. The van der Waals surface area contributed by atoms with Crippen LogP contribution in [-0.4, -0.2) is 30.7 Å². The monoisotopic (exact) mass is 276 g/mol. The van der Waals surface area contributed by atoms with Gasteiger partial charge < -0.3 is 0 Å². The van der Waals surface area contributed by atoms with Crippen molar-refractivity contribution in [1.82, 2.24) is 4.90 Å². The number of nitriles is 1. The van der Waals surface area contributed by atoms with E-state index in [2.05, 4.69) is 19.9 Å². The number of nitrogens with zero attached hydrogens (tertiary/aromatic N) is 2. The summed E-state index contributed by atoms with van der Waals surface area (Å²) in [5.74, 6) is 0.404. The van der Waals surface area contributed by atoms with Crippen molar-refractivity contribution < 1.29 is 13.2 Å². The molecular weight excluding hydrogens is 253 g/mol. The van der Waals surface area contributed by atoms with Gasteiger partial charge in [-0.25, -0.2) is 0 Å². The summed E-state index contributed by atoms with van der Waals surface area (Å²) < 4.78 is 37.1. The van der Waals surface area contributed by atoms with Gasteiger partial charge in [-0.05, 0) is 44.1 Å². The fraction of sp³-hybridized carbons (Fsp3) is 0.929. The van der Waals surface area contributed by atoms with Gasteiger partial charge in [-0.1, -0.05) is 13.8 Å². The lowest BCUT2D eigenvalue weighted by Crippen LogP contribution is -2.44. The molecule has 110 valence electrons. The Kier molecular flexibility index (Phi) is 5.26. The maximum atomic E-state index is 12.4. The van der Waals surface area contributed by atoms with E-state index >= 15 is 0 Å². The first-order valence-electron chi connectivity index (χ1n) is 6.84. The zero-order chi connectivity index (χ0) is 14.7. The summed E-state index contributed by atoms with van der Waals surface area (Å²) in [5, 5.41) is 8.95. The lowest BCUT2D eigenvalue weighted by Gasteiger charge is -2.44. The van der Waals surface area contributed by atoms with Crippen LogP contribution in [0.1, 0.15) is 46.0 Å². The number of halogens is 3. The molecule has 0 aromatic heterocycles. The van der Waals surface area contributed by atoms with Gasteiger partial charge in [0.2, 0.25) is 0 Å². The molecule has 1 aliphatic rings. The fourth-order valence-corrected chi connectivity index (χ4v) is 3.15. The molecule has 0 unspecified atom stereocenters. The molecule has 0 saturated heterocycles. The smallest absolute Gasteiger partial charge is 0.295 e. The highest BCUT2D eigenvalue weighted by atomic mass is 19.4. The van der Waals surface area contributed by atoms with Gasteiger partial charge in [-0.3, -0.25) is 4.90 Å². The fourth-order valence-electron chi connectivity index (χ4n) is 3.15. The molecule has 0 radical (unpaired) electrons. The Bertz CT molecular complexity index is 323. The van der Waals surface area contributed by atoms with Gasteiger partial charge in [-0.15, -0.1) is 0 Å². The number of rotatable bonds is 4. The summed E-state index contributed by atoms with van der Waals surface area (Å²) in [7, 11) is 1.55. The molecule has 1 saturated carbocycles. The van der Waals surface area contributed by atoms with E-state index in [4.69, 9.17) is 5.26 Å². The maximum absolute atomic E-state index is 12.4. The standard InChI is InChI=1S/C14H23F3N2/c1-11(2)13(8-9-18)6-4-12(5-7-13)19(3)10-14(15,16)17/h11-12H,4-8,10H2,1-3H3. The minimum absolute atomic E-state index is 0.00429. The average Bonchev–Trinajstić information content (AvgIpc) is 2.27. The normalized spacial score (nSPS) is 28.7. The Morgan fingerprint density at radius 2 is 1.84 bits per heavy atom. The summed E-state index contributed by atoms with van der Waals surface area (Å²) in [6, 6.07) is 2.24. The van der Waals surface area contributed by atoms with E-state index in [-0.39, 0.29) is 11.5 Å². The van der Waals surface area contributed by atoms with E-state index in [1.54, 1.807) is 7.05 Å². The van der Waals surface area contributed by atoms with Crippen LogP contribution in [0.2, 0.25) is 0 Å². The first-order chi connectivity index (χ1) is 8.70. The zero-order valence-corrected chi connectivity index (χ0v) is 11.9. The van der Waals surface area contributed by atoms with Gasteiger partial charge in [0.1, 0.15) is 0 Å². The molecule has 0 aromatic rings. The lowest BCUT2D eigenvalue weighted by atomic mass is 9.64. The highest BCUT2D eigenvalue weighted by Gasteiger charge is 2.40. The predicted octanol–water partition coefficient (Wildman–Crippen LogP) is 3.98. The highest BCUT2D eigenvalue weighted by Crippen LogP contribution is 2.46. The van der Waals surface area contributed by atoms with Gasteiger partial charge in [0.15, 0.2) is 0 Å². The largest absolute Gasteiger partial charge is 0.401 e. The Morgan fingerprint density at radius 1 is 1.32 bits per heavy atom. The van der Waals surface area contributed by atoms with Gasteiger partial charge in [0.25, 0.3) is 0 Å². The average molecular weight is 276 g/mol. The third-order valence-corrected chi connectivity index (χ3v) is 4.66. The number of alkyl halides is 3. The maximum Gasteiger partial charge on any atom is 0.401 e. The minimum atomic E-state index is -4.13. The molecule has 0 heterocycles. The van der Waals surface area contributed by atoms with Gasteiger partial charge in [0.05, 0.1) is 12.6 Å². The zero-order valence-electron chi connectivity index (χ0n) is 11.9. The third kappa shape index (κ3) is 4.38. The Balaban J connectivity index is 2.59. The van der Waals surface area contributed by atoms with E-state index < -0.39 is 12.7 Å². The molecule has 0 atom stereocenters. The van der Waals surface area contributed by atoms with Crippen molar-refractivity contribution in [2.45, 2.75) is 58.2 Å². The van der Waals surface area contributed by atoms with Crippen LogP contribution in [-0.2, 0) is 0 Å². The van der Waals surface area contributed by atoms with Crippen molar-refractivity contribution in [2.24, 2.45) is 11.3 Å². The Morgan fingerprint density at radius 3 is 2.21 bits per heavy atom. The van der Waals surface area contributed by atoms with Crippen molar-refractivity contribution in [2.75, 3.05) is 13.6 Å². The molecule has 19 heavy (non-hydrogen) atoms. The van der Waals surface area contributed by atoms with Crippen molar-refractivity contribution in [3.8, 4) is 6.07 Å². The van der Waals surface area contributed by atoms with Crippen LogP contribution in [0.4, 0.5) is 13.2 Å². The third-order valence-electron chi connectivity index (χ3n) is 4.66. The van der Waals surface area contributed by atoms with E-state index in [0.29, 0.717) is 12.3 Å². The van der Waals surface area contributed by atoms with Crippen molar-refractivity contribution in [1.29, 1.82) is 5.26 Å². The highest BCUT2D eigenvalue weighted by molar-refractivity contribution is 4.96. The second-order valence-corrected chi connectivity index (χ2v) is 6.11. The molecule has 1 fully saturated rings. The van der Waals surface area contributed by atoms with E-state index in [9.17, 15) is 13.2 Å². The number of hydrogen-bond acceptors (Lipinski definition) is 2. The topological polar surface area (TPSA) is 27.0 Å². The minimum Gasteiger partial charge on any atom is -0.295 e. The molecule has 0 bridgehead atoms. The van der Waals surface area contributed by atoms with E-state index in [1.807, 2.05) is 0 Å². The summed E-state index contributed by atoms with van der Waals surface area (Å²) in [6.45, 7) is 3.37. The SMILES string of the molecule is CC(C)C1(CC#N)CCC(N(C)CC(F)(F)F)CC1. The second kappa shape index (κ2) is 6.13. The van der Waals surface area contributed by atoms with Gasteiger partial charge in [0, 0.05) is 12.5 Å². The lowest BCUT2D eigenvalue weighted by molar-refractivity contribution is -0.149. The molecule has 5 heteroatoms. The van der Waals surface area contributed by atoms with Crippen LogP contribution in [0.3, 0.4) is 0 Å². The quantitative estimate of drug-likeness (QED) is 0.776. The first kappa shape index (κ1) is 16.3. The van der Waals surface area contributed by atoms with Crippen LogP contribution >= 0.6 is 0 Å². The molecule has 0 amide bonds. The summed E-state index contributed by atoms with van der Waals surface area (Å²) in [5.41, 5.74) is 0.00429. The molecule has 0 N–H and O–H groups in total.